The Kier molecular flexibility index (Phi) is 4.20. The summed E-state index contributed by atoms with van der Waals surface area (Å²) in [4.78, 5) is 16.2. The molecule has 100 valence electrons. The smallest absolute Gasteiger partial charge is 0.254 e. The average Bonchev–Trinajstić information content (AvgIpc) is 2.26. The summed E-state index contributed by atoms with van der Waals surface area (Å²) in [5, 5.41) is 0. The highest BCUT2D eigenvalue weighted by molar-refractivity contribution is 5.85. The Morgan fingerprint density at radius 3 is 2.00 bits per heavy atom. The summed E-state index contributed by atoms with van der Waals surface area (Å²) in [6.45, 7) is 8.45. The van der Waals surface area contributed by atoms with Crippen molar-refractivity contribution < 1.29 is 9.53 Å². The Bertz CT molecular complexity index is 274. The molecule has 0 N–H and O–H groups in total. The first kappa shape index (κ1) is 14.5. The van der Waals surface area contributed by atoms with Gasteiger partial charge in [-0.3, -0.25) is 9.69 Å². The highest BCUT2D eigenvalue weighted by Gasteiger charge is 2.44. The molecule has 1 rings (SSSR count). The first-order chi connectivity index (χ1) is 7.73. The van der Waals surface area contributed by atoms with Crippen molar-refractivity contribution in [2.24, 2.45) is 0 Å². The minimum Gasteiger partial charge on any atom is -0.368 e. The summed E-state index contributed by atoms with van der Waals surface area (Å²) in [7, 11) is 5.23. The zero-order valence-electron chi connectivity index (χ0n) is 12.0. The number of likely N-dealkylation sites (tertiary alicyclic amines) is 1. The number of methoxy groups -OCH3 is 1. The van der Waals surface area contributed by atoms with Crippen molar-refractivity contribution in [1.82, 2.24) is 9.80 Å². The number of hydrogen-bond donors (Lipinski definition) is 0. The lowest BCUT2D eigenvalue weighted by Crippen LogP contribution is -2.57. The number of hydrogen-bond acceptors (Lipinski definition) is 3. The molecule has 1 aliphatic heterocycles. The quantitative estimate of drug-likeness (QED) is 0.733. The summed E-state index contributed by atoms with van der Waals surface area (Å²) >= 11 is 0. The van der Waals surface area contributed by atoms with Crippen LogP contribution >= 0.6 is 0 Å². The number of rotatable bonds is 2. The standard InChI is InChI=1S/C13H26N2O2/c1-12(2,3)15-9-7-13(17-6,8-10-15)11(16)14(4)5/h7-10H2,1-6H3. The van der Waals surface area contributed by atoms with Crippen LogP contribution in [0.25, 0.3) is 0 Å². The molecule has 1 amide bonds. The van der Waals surface area contributed by atoms with Crippen LogP contribution in [0.1, 0.15) is 33.6 Å². The van der Waals surface area contributed by atoms with E-state index in [4.69, 9.17) is 4.74 Å². The van der Waals surface area contributed by atoms with Crippen LogP contribution in [-0.2, 0) is 9.53 Å². The number of amides is 1. The van der Waals surface area contributed by atoms with Gasteiger partial charge < -0.3 is 9.64 Å². The molecule has 0 atom stereocenters. The van der Waals surface area contributed by atoms with Crippen molar-refractivity contribution in [3.8, 4) is 0 Å². The summed E-state index contributed by atoms with van der Waals surface area (Å²) in [6.07, 6.45) is 1.55. The molecule has 0 aromatic carbocycles. The number of piperidine rings is 1. The highest BCUT2D eigenvalue weighted by Crippen LogP contribution is 2.30. The summed E-state index contributed by atoms with van der Waals surface area (Å²) < 4.78 is 5.54. The molecule has 0 bridgehead atoms. The van der Waals surface area contributed by atoms with Crippen LogP contribution in [0.2, 0.25) is 0 Å². The molecule has 0 aromatic heterocycles. The van der Waals surface area contributed by atoms with Crippen molar-refractivity contribution in [2.45, 2.75) is 44.8 Å². The third-order valence-electron chi connectivity index (χ3n) is 3.71. The van der Waals surface area contributed by atoms with Gasteiger partial charge in [-0.25, -0.2) is 0 Å². The van der Waals surface area contributed by atoms with Crippen LogP contribution in [-0.4, -0.2) is 61.1 Å². The van der Waals surface area contributed by atoms with Gasteiger partial charge in [-0.1, -0.05) is 0 Å². The van der Waals surface area contributed by atoms with Crippen molar-refractivity contribution in [3.05, 3.63) is 0 Å². The number of nitrogens with zero attached hydrogens (tertiary/aromatic N) is 2. The van der Waals surface area contributed by atoms with Crippen molar-refractivity contribution in [1.29, 1.82) is 0 Å². The van der Waals surface area contributed by atoms with Crippen LogP contribution < -0.4 is 0 Å². The largest absolute Gasteiger partial charge is 0.368 e. The Morgan fingerprint density at radius 2 is 1.71 bits per heavy atom. The van der Waals surface area contributed by atoms with E-state index >= 15 is 0 Å². The lowest BCUT2D eigenvalue weighted by atomic mass is 9.87. The molecule has 1 aliphatic rings. The van der Waals surface area contributed by atoms with Crippen LogP contribution in [0.4, 0.5) is 0 Å². The topological polar surface area (TPSA) is 32.8 Å². The molecule has 4 nitrogen and oxygen atoms in total. The zero-order valence-corrected chi connectivity index (χ0v) is 12.0. The Labute approximate surface area is 105 Å². The fourth-order valence-corrected chi connectivity index (χ4v) is 2.45. The van der Waals surface area contributed by atoms with E-state index in [1.165, 1.54) is 0 Å². The van der Waals surface area contributed by atoms with Crippen molar-refractivity contribution >= 4 is 5.91 Å². The molecular formula is C13H26N2O2. The maximum Gasteiger partial charge on any atom is 0.254 e. The number of carbonyl (C=O) groups is 1. The lowest BCUT2D eigenvalue weighted by molar-refractivity contribution is -0.160. The number of carbonyl (C=O) groups excluding carboxylic acids is 1. The van der Waals surface area contributed by atoms with E-state index in [0.29, 0.717) is 0 Å². The normalized spacial score (nSPS) is 21.3. The second kappa shape index (κ2) is 4.94. The molecule has 1 fully saturated rings. The molecule has 1 heterocycles. The maximum atomic E-state index is 12.2. The first-order valence-corrected chi connectivity index (χ1v) is 6.25. The van der Waals surface area contributed by atoms with Crippen LogP contribution in [0.15, 0.2) is 0 Å². The first-order valence-electron chi connectivity index (χ1n) is 6.25. The second-order valence-corrected chi connectivity index (χ2v) is 6.06. The molecule has 0 aromatic rings. The number of ether oxygens (including phenoxy) is 1. The van der Waals surface area contributed by atoms with Crippen molar-refractivity contribution in [2.75, 3.05) is 34.3 Å². The SMILES string of the molecule is COC1(C(=O)N(C)C)CCN(C(C)(C)C)CC1. The van der Waals surface area contributed by atoms with E-state index in [-0.39, 0.29) is 11.4 Å². The third-order valence-corrected chi connectivity index (χ3v) is 3.71. The van der Waals surface area contributed by atoms with Gasteiger partial charge in [-0.15, -0.1) is 0 Å². The van der Waals surface area contributed by atoms with Gasteiger partial charge >= 0.3 is 0 Å². The van der Waals surface area contributed by atoms with Gasteiger partial charge in [-0.05, 0) is 33.6 Å². The van der Waals surface area contributed by atoms with E-state index < -0.39 is 5.60 Å². The summed E-state index contributed by atoms with van der Waals surface area (Å²) in [5.41, 5.74) is -0.438. The Morgan fingerprint density at radius 1 is 1.24 bits per heavy atom. The molecular weight excluding hydrogens is 216 g/mol. The predicted octanol–water partition coefficient (Wildman–Crippen LogP) is 1.35. The molecule has 4 heteroatoms. The highest BCUT2D eigenvalue weighted by atomic mass is 16.5. The summed E-state index contributed by atoms with van der Waals surface area (Å²) in [5.74, 6) is 0.0913. The van der Waals surface area contributed by atoms with Crippen LogP contribution in [0.3, 0.4) is 0 Å². The van der Waals surface area contributed by atoms with Crippen LogP contribution in [0.5, 0.6) is 0 Å². The van der Waals surface area contributed by atoms with E-state index in [0.717, 1.165) is 25.9 Å². The van der Waals surface area contributed by atoms with E-state index in [1.54, 1.807) is 26.1 Å². The summed E-state index contributed by atoms with van der Waals surface area (Å²) in [6, 6.07) is 0. The van der Waals surface area contributed by atoms with Crippen molar-refractivity contribution in [3.63, 3.8) is 0 Å². The van der Waals surface area contributed by atoms with Gasteiger partial charge in [0.05, 0.1) is 0 Å². The number of likely N-dealkylation sites (N-methyl/N-ethyl adjacent to an activating group) is 1. The molecule has 0 spiro atoms. The van der Waals surface area contributed by atoms with Gasteiger partial charge in [-0.2, -0.15) is 0 Å². The van der Waals surface area contributed by atoms with Crippen LogP contribution in [0, 0.1) is 0 Å². The molecule has 1 saturated heterocycles. The van der Waals surface area contributed by atoms with Gasteiger partial charge in [0.2, 0.25) is 0 Å². The molecule has 17 heavy (non-hydrogen) atoms. The zero-order chi connectivity index (χ0) is 13.3. The van der Waals surface area contributed by atoms with Gasteiger partial charge in [0, 0.05) is 39.8 Å². The van der Waals surface area contributed by atoms with Gasteiger partial charge in [0.15, 0.2) is 0 Å². The van der Waals surface area contributed by atoms with E-state index in [1.807, 2.05) is 0 Å². The monoisotopic (exact) mass is 242 g/mol. The Balaban J connectivity index is 2.73. The molecule has 0 unspecified atom stereocenters. The average molecular weight is 242 g/mol. The molecule has 0 aliphatic carbocycles. The minimum absolute atomic E-state index is 0.0913. The fraction of sp³-hybridized carbons (Fsp3) is 0.923. The van der Waals surface area contributed by atoms with Gasteiger partial charge in [0.1, 0.15) is 5.60 Å². The molecule has 0 saturated carbocycles. The van der Waals surface area contributed by atoms with E-state index in [2.05, 4.69) is 25.7 Å². The Hall–Kier alpha value is -0.610. The van der Waals surface area contributed by atoms with Gasteiger partial charge in [0.25, 0.3) is 5.91 Å². The molecule has 0 radical (unpaired) electrons. The predicted molar refractivity (Wildman–Crippen MR) is 69.0 cm³/mol. The minimum atomic E-state index is -0.606. The fourth-order valence-electron chi connectivity index (χ4n) is 2.45. The second-order valence-electron chi connectivity index (χ2n) is 6.06. The maximum absolute atomic E-state index is 12.2. The third kappa shape index (κ3) is 2.99. The lowest BCUT2D eigenvalue weighted by Gasteiger charge is -2.45. The van der Waals surface area contributed by atoms with E-state index in [9.17, 15) is 4.79 Å².